The van der Waals surface area contributed by atoms with Crippen LogP contribution in [0.25, 0.3) is 0 Å². The fourth-order valence-corrected chi connectivity index (χ4v) is 0.137. The summed E-state index contributed by atoms with van der Waals surface area (Å²) in [4.78, 5) is 9.27. The molecule has 0 aliphatic rings. The molecule has 0 aliphatic heterocycles. The van der Waals surface area contributed by atoms with E-state index in [9.17, 15) is 9.90 Å². The third-order valence-electron chi connectivity index (χ3n) is 0.158. The normalized spacial score (nSPS) is 4.71. The summed E-state index contributed by atoms with van der Waals surface area (Å²) in [6.45, 7) is 0. The van der Waals surface area contributed by atoms with Gasteiger partial charge in [0.1, 0.15) is 5.97 Å². The minimum absolute atomic E-state index is 0. The summed E-state index contributed by atoms with van der Waals surface area (Å²) in [5.41, 5.74) is 0. The second-order valence-corrected chi connectivity index (χ2v) is 0.748. The zero-order chi connectivity index (χ0) is 4.99. The second-order valence-electron chi connectivity index (χ2n) is 0.524. The van der Waals surface area contributed by atoms with E-state index >= 15 is 0 Å². The minimum atomic E-state index is -1.40. The Morgan fingerprint density at radius 2 is 2.14 bits per heavy atom. The van der Waals surface area contributed by atoms with Crippen molar-refractivity contribution in [2.24, 2.45) is 0 Å². The van der Waals surface area contributed by atoms with Gasteiger partial charge in [0.25, 0.3) is 0 Å². The van der Waals surface area contributed by atoms with E-state index in [0.29, 0.717) is 0 Å². The van der Waals surface area contributed by atoms with Crippen molar-refractivity contribution in [3.8, 4) is 11.2 Å². The predicted octanol–water partition coefficient (Wildman–Crippen LogP) is -4.37. The molecule has 0 aromatic rings. The molecule has 0 heterocycles. The molecular formula is C3HNaO2S. The molecule has 0 unspecified atom stereocenters. The van der Waals surface area contributed by atoms with Gasteiger partial charge in [0, 0.05) is 0 Å². The van der Waals surface area contributed by atoms with Crippen LogP contribution in [0.4, 0.5) is 0 Å². The summed E-state index contributed by atoms with van der Waals surface area (Å²) in [7, 11) is 0. The average molecular weight is 124 g/mol. The van der Waals surface area contributed by atoms with Gasteiger partial charge >= 0.3 is 29.6 Å². The molecule has 7 heavy (non-hydrogen) atoms. The van der Waals surface area contributed by atoms with Gasteiger partial charge in [0.2, 0.25) is 0 Å². The number of thiol groups is 1. The molecule has 0 saturated heterocycles. The number of hydrogen-bond donors (Lipinski definition) is 1. The standard InChI is InChI=1S/C3H2O2S.Na/c4-3(5)1-2-6;/h6H,(H,4,5);/q;+1/p-1. The summed E-state index contributed by atoms with van der Waals surface area (Å²) in [6, 6.07) is 0. The van der Waals surface area contributed by atoms with Crippen LogP contribution in [-0.4, -0.2) is 5.97 Å². The Kier molecular flexibility index (Phi) is 9.46. The maximum Gasteiger partial charge on any atom is 1.00 e. The number of carbonyl (C=O) groups is 1. The van der Waals surface area contributed by atoms with Crippen LogP contribution in [0.5, 0.6) is 0 Å². The molecule has 0 rings (SSSR count). The average Bonchev–Trinajstić information content (AvgIpc) is 1.35. The molecule has 0 atom stereocenters. The molecule has 0 aromatic heterocycles. The van der Waals surface area contributed by atoms with Crippen molar-refractivity contribution >= 4 is 18.6 Å². The molecule has 0 bridgehead atoms. The number of rotatable bonds is 0. The van der Waals surface area contributed by atoms with Gasteiger partial charge in [0.05, 0.1) is 0 Å². The monoisotopic (exact) mass is 124 g/mol. The van der Waals surface area contributed by atoms with Crippen molar-refractivity contribution in [2.45, 2.75) is 0 Å². The van der Waals surface area contributed by atoms with E-state index in [4.69, 9.17) is 0 Å². The van der Waals surface area contributed by atoms with Crippen LogP contribution in [0.3, 0.4) is 0 Å². The van der Waals surface area contributed by atoms with E-state index in [1.165, 1.54) is 0 Å². The molecule has 2 nitrogen and oxygen atoms in total. The Bertz CT molecular complexity index is 112. The summed E-state index contributed by atoms with van der Waals surface area (Å²) in [5.74, 6) is 0.230. The zero-order valence-electron chi connectivity index (χ0n) is 3.76. The van der Waals surface area contributed by atoms with Gasteiger partial charge < -0.3 is 9.90 Å². The quantitative estimate of drug-likeness (QED) is 0.201. The van der Waals surface area contributed by atoms with Gasteiger partial charge in [-0.3, -0.25) is 0 Å². The van der Waals surface area contributed by atoms with Crippen molar-refractivity contribution < 1.29 is 39.5 Å². The maximum atomic E-state index is 9.27. The van der Waals surface area contributed by atoms with E-state index in [-0.39, 0.29) is 29.6 Å². The number of carboxylic acids is 1. The Balaban J connectivity index is 0. The fourth-order valence-electron chi connectivity index (χ4n) is 0.0456. The Labute approximate surface area is 69.0 Å². The molecule has 0 aliphatic carbocycles. The molecule has 0 spiro atoms. The van der Waals surface area contributed by atoms with Gasteiger partial charge in [0.15, 0.2) is 0 Å². The molecule has 4 heteroatoms. The maximum absolute atomic E-state index is 9.27. The first-order valence-corrected chi connectivity index (χ1v) is 1.58. The molecule has 0 aromatic carbocycles. The van der Waals surface area contributed by atoms with Gasteiger partial charge in [-0.1, -0.05) is 12.6 Å². The summed E-state index contributed by atoms with van der Waals surface area (Å²) < 4.78 is 0. The van der Waals surface area contributed by atoms with Crippen LogP contribution in [0.2, 0.25) is 0 Å². The number of hydrogen-bond acceptors (Lipinski definition) is 3. The Morgan fingerprint density at radius 1 is 1.71 bits per heavy atom. The third kappa shape index (κ3) is 10.7. The molecular weight excluding hydrogens is 123 g/mol. The van der Waals surface area contributed by atoms with Crippen molar-refractivity contribution in [1.29, 1.82) is 0 Å². The van der Waals surface area contributed by atoms with Crippen molar-refractivity contribution in [3.05, 3.63) is 0 Å². The SMILES string of the molecule is O=C([O-])C#CS.[Na+]. The third-order valence-corrected chi connectivity index (χ3v) is 0.270. The number of carboxylic acid groups (broad SMARTS) is 1. The molecule has 32 valence electrons. The van der Waals surface area contributed by atoms with Crippen molar-refractivity contribution in [2.75, 3.05) is 0 Å². The van der Waals surface area contributed by atoms with Crippen LogP contribution < -0.4 is 34.7 Å². The predicted molar refractivity (Wildman–Crippen MR) is 21.8 cm³/mol. The first kappa shape index (κ1) is 10.4. The number of carbonyl (C=O) groups excluding carboxylic acids is 1. The van der Waals surface area contributed by atoms with Crippen molar-refractivity contribution in [3.63, 3.8) is 0 Å². The Hall–Kier alpha value is 0.380. The molecule has 0 radical (unpaired) electrons. The van der Waals surface area contributed by atoms with E-state index in [1.807, 2.05) is 5.25 Å². The van der Waals surface area contributed by atoms with Gasteiger partial charge in [-0.25, -0.2) is 0 Å². The zero-order valence-corrected chi connectivity index (χ0v) is 6.66. The van der Waals surface area contributed by atoms with Gasteiger partial charge in [-0.15, -0.1) is 0 Å². The van der Waals surface area contributed by atoms with E-state index < -0.39 is 5.97 Å². The van der Waals surface area contributed by atoms with Crippen LogP contribution in [0.15, 0.2) is 0 Å². The first-order chi connectivity index (χ1) is 2.77. The smallest absolute Gasteiger partial charge is 0.537 e. The Morgan fingerprint density at radius 3 is 2.14 bits per heavy atom. The van der Waals surface area contributed by atoms with E-state index in [2.05, 4.69) is 12.6 Å². The topological polar surface area (TPSA) is 40.1 Å². The molecule has 0 saturated carbocycles. The largest absolute Gasteiger partial charge is 1.00 e. The fraction of sp³-hybridized carbons (Fsp3) is 0. The molecule has 0 amide bonds. The van der Waals surface area contributed by atoms with E-state index in [1.54, 1.807) is 5.92 Å². The van der Waals surface area contributed by atoms with Crippen molar-refractivity contribution in [1.82, 2.24) is 0 Å². The van der Waals surface area contributed by atoms with Gasteiger partial charge in [-0.05, 0) is 11.2 Å². The number of aliphatic carboxylic acids is 1. The van der Waals surface area contributed by atoms with Crippen LogP contribution in [0, 0.1) is 11.2 Å². The summed E-state index contributed by atoms with van der Waals surface area (Å²) in [5, 5.41) is 11.1. The summed E-state index contributed by atoms with van der Waals surface area (Å²) in [6.07, 6.45) is 0. The van der Waals surface area contributed by atoms with Crippen LogP contribution in [0.1, 0.15) is 0 Å². The molecule has 0 fully saturated rings. The van der Waals surface area contributed by atoms with E-state index in [0.717, 1.165) is 0 Å². The van der Waals surface area contributed by atoms with Crippen LogP contribution >= 0.6 is 12.6 Å². The van der Waals surface area contributed by atoms with Crippen LogP contribution in [-0.2, 0) is 4.79 Å². The molecule has 0 N–H and O–H groups in total. The second kappa shape index (κ2) is 6.38. The summed E-state index contributed by atoms with van der Waals surface area (Å²) >= 11 is 3.28. The minimum Gasteiger partial charge on any atom is -0.537 e. The van der Waals surface area contributed by atoms with Gasteiger partial charge in [-0.2, -0.15) is 0 Å². The first-order valence-electron chi connectivity index (χ1n) is 1.13.